The SMILES string of the molecule is CCc1noc(C)c1CN(CCO)C1CCc2ccccc21. The van der Waals surface area contributed by atoms with Crippen molar-refractivity contribution in [2.24, 2.45) is 0 Å². The molecular formula is C18H24N2O2. The van der Waals surface area contributed by atoms with Crippen molar-refractivity contribution < 1.29 is 9.63 Å². The van der Waals surface area contributed by atoms with Crippen LogP contribution in [0, 0.1) is 6.92 Å². The van der Waals surface area contributed by atoms with Gasteiger partial charge in [0.1, 0.15) is 5.76 Å². The average molecular weight is 300 g/mol. The highest BCUT2D eigenvalue weighted by Gasteiger charge is 2.28. The molecule has 0 aliphatic heterocycles. The molecule has 1 aliphatic rings. The number of benzene rings is 1. The van der Waals surface area contributed by atoms with E-state index in [2.05, 4.69) is 41.2 Å². The maximum absolute atomic E-state index is 9.49. The summed E-state index contributed by atoms with van der Waals surface area (Å²) >= 11 is 0. The maximum atomic E-state index is 9.49. The van der Waals surface area contributed by atoms with Crippen LogP contribution in [-0.4, -0.2) is 28.3 Å². The lowest BCUT2D eigenvalue weighted by atomic mass is 10.0. The fraction of sp³-hybridized carbons (Fsp3) is 0.500. The van der Waals surface area contributed by atoms with Gasteiger partial charge >= 0.3 is 0 Å². The summed E-state index contributed by atoms with van der Waals surface area (Å²) in [7, 11) is 0. The van der Waals surface area contributed by atoms with Crippen molar-refractivity contribution in [3.8, 4) is 0 Å². The van der Waals surface area contributed by atoms with E-state index in [0.29, 0.717) is 12.6 Å². The fourth-order valence-corrected chi connectivity index (χ4v) is 3.51. The molecule has 2 aromatic rings. The second-order valence-electron chi connectivity index (χ2n) is 5.96. The molecule has 0 amide bonds. The van der Waals surface area contributed by atoms with E-state index < -0.39 is 0 Å². The van der Waals surface area contributed by atoms with Crippen LogP contribution in [0.15, 0.2) is 28.8 Å². The van der Waals surface area contributed by atoms with Crippen LogP contribution in [0.2, 0.25) is 0 Å². The Kier molecular flexibility index (Phi) is 4.60. The van der Waals surface area contributed by atoms with Gasteiger partial charge in [0.25, 0.3) is 0 Å². The Labute approximate surface area is 131 Å². The van der Waals surface area contributed by atoms with E-state index >= 15 is 0 Å². The lowest BCUT2D eigenvalue weighted by Gasteiger charge is -2.29. The van der Waals surface area contributed by atoms with Gasteiger partial charge in [-0.2, -0.15) is 0 Å². The summed E-state index contributed by atoms with van der Waals surface area (Å²) in [6.45, 7) is 5.71. The first kappa shape index (κ1) is 15.3. The van der Waals surface area contributed by atoms with E-state index in [4.69, 9.17) is 4.52 Å². The van der Waals surface area contributed by atoms with E-state index in [1.54, 1.807) is 0 Å². The zero-order valence-corrected chi connectivity index (χ0v) is 13.4. The molecule has 3 rings (SSSR count). The Bertz CT molecular complexity index is 636. The minimum absolute atomic E-state index is 0.171. The van der Waals surface area contributed by atoms with Crippen molar-refractivity contribution in [3.05, 3.63) is 52.4 Å². The summed E-state index contributed by atoms with van der Waals surface area (Å²) in [5, 5.41) is 13.6. The average Bonchev–Trinajstić information content (AvgIpc) is 3.11. The molecule has 0 saturated heterocycles. The summed E-state index contributed by atoms with van der Waals surface area (Å²) in [6, 6.07) is 9.03. The molecule has 4 nitrogen and oxygen atoms in total. The first-order valence-electron chi connectivity index (χ1n) is 8.11. The molecule has 118 valence electrons. The Balaban J connectivity index is 1.86. The molecule has 1 aromatic carbocycles. The predicted molar refractivity (Wildman–Crippen MR) is 85.6 cm³/mol. The monoisotopic (exact) mass is 300 g/mol. The van der Waals surface area contributed by atoms with Gasteiger partial charge in [-0.25, -0.2) is 0 Å². The highest BCUT2D eigenvalue weighted by atomic mass is 16.5. The lowest BCUT2D eigenvalue weighted by molar-refractivity contribution is 0.142. The Hall–Kier alpha value is -1.65. The Morgan fingerprint density at radius 3 is 2.95 bits per heavy atom. The zero-order chi connectivity index (χ0) is 15.5. The number of hydrogen-bond acceptors (Lipinski definition) is 4. The van der Waals surface area contributed by atoms with Crippen LogP contribution in [0.4, 0.5) is 0 Å². The smallest absolute Gasteiger partial charge is 0.138 e. The molecule has 1 unspecified atom stereocenters. The summed E-state index contributed by atoms with van der Waals surface area (Å²) < 4.78 is 5.36. The van der Waals surface area contributed by atoms with Gasteiger partial charge in [0.2, 0.25) is 0 Å². The normalized spacial score (nSPS) is 17.2. The van der Waals surface area contributed by atoms with Gasteiger partial charge in [-0.15, -0.1) is 0 Å². The molecule has 0 radical (unpaired) electrons. The molecule has 0 fully saturated rings. The summed E-state index contributed by atoms with van der Waals surface area (Å²) in [4.78, 5) is 2.37. The molecule has 0 bridgehead atoms. The van der Waals surface area contributed by atoms with Gasteiger partial charge in [0.15, 0.2) is 0 Å². The molecule has 0 spiro atoms. The molecule has 0 saturated carbocycles. The first-order chi connectivity index (χ1) is 10.7. The number of aryl methyl sites for hydroxylation is 3. The molecular weight excluding hydrogens is 276 g/mol. The van der Waals surface area contributed by atoms with Crippen molar-refractivity contribution in [3.63, 3.8) is 0 Å². The third-order valence-electron chi connectivity index (χ3n) is 4.69. The summed E-state index contributed by atoms with van der Waals surface area (Å²) in [5.41, 5.74) is 5.06. The standard InChI is InChI=1S/C18H24N2O2/c1-3-17-16(13(2)22-19-17)12-20(10-11-21)18-9-8-14-6-4-5-7-15(14)18/h4-7,18,21H,3,8-12H2,1-2H3. The van der Waals surface area contributed by atoms with Crippen molar-refractivity contribution in [2.75, 3.05) is 13.2 Å². The largest absolute Gasteiger partial charge is 0.395 e. The highest BCUT2D eigenvalue weighted by molar-refractivity contribution is 5.35. The molecule has 1 heterocycles. The van der Waals surface area contributed by atoms with Crippen molar-refractivity contribution in [2.45, 2.75) is 45.7 Å². The van der Waals surface area contributed by atoms with Crippen LogP contribution >= 0.6 is 0 Å². The van der Waals surface area contributed by atoms with Crippen LogP contribution in [0.5, 0.6) is 0 Å². The van der Waals surface area contributed by atoms with Crippen LogP contribution in [0.3, 0.4) is 0 Å². The van der Waals surface area contributed by atoms with Crippen LogP contribution < -0.4 is 0 Å². The molecule has 22 heavy (non-hydrogen) atoms. The third-order valence-corrected chi connectivity index (χ3v) is 4.69. The fourth-order valence-electron chi connectivity index (χ4n) is 3.51. The van der Waals surface area contributed by atoms with E-state index in [-0.39, 0.29) is 6.61 Å². The number of aliphatic hydroxyl groups excluding tert-OH is 1. The quantitative estimate of drug-likeness (QED) is 0.891. The highest BCUT2D eigenvalue weighted by Crippen LogP contribution is 2.36. The summed E-state index contributed by atoms with van der Waals surface area (Å²) in [6.07, 6.45) is 3.11. The molecule has 4 heteroatoms. The maximum Gasteiger partial charge on any atom is 0.138 e. The van der Waals surface area contributed by atoms with E-state index in [9.17, 15) is 5.11 Å². The molecule has 1 N–H and O–H groups in total. The molecule has 1 atom stereocenters. The topological polar surface area (TPSA) is 49.5 Å². The van der Waals surface area contributed by atoms with Crippen LogP contribution in [0.1, 0.15) is 47.5 Å². The lowest BCUT2D eigenvalue weighted by Crippen LogP contribution is -2.30. The van der Waals surface area contributed by atoms with E-state index in [1.807, 2.05) is 6.92 Å². The van der Waals surface area contributed by atoms with Gasteiger partial charge < -0.3 is 9.63 Å². The predicted octanol–water partition coefficient (Wildman–Crippen LogP) is 3.03. The van der Waals surface area contributed by atoms with Crippen molar-refractivity contribution >= 4 is 0 Å². The van der Waals surface area contributed by atoms with Crippen molar-refractivity contribution in [1.29, 1.82) is 0 Å². The van der Waals surface area contributed by atoms with Gasteiger partial charge in [0.05, 0.1) is 12.3 Å². The number of hydrogen-bond donors (Lipinski definition) is 1. The van der Waals surface area contributed by atoms with Gasteiger partial charge in [-0.1, -0.05) is 36.3 Å². The van der Waals surface area contributed by atoms with E-state index in [1.165, 1.54) is 16.7 Å². The van der Waals surface area contributed by atoms with Crippen molar-refractivity contribution in [1.82, 2.24) is 10.1 Å². The van der Waals surface area contributed by atoms with Gasteiger partial charge in [-0.3, -0.25) is 4.90 Å². The second kappa shape index (κ2) is 6.63. The molecule has 1 aliphatic carbocycles. The number of rotatable bonds is 6. The van der Waals surface area contributed by atoms with Gasteiger partial charge in [0, 0.05) is 24.7 Å². The number of nitrogens with zero attached hydrogens (tertiary/aromatic N) is 2. The molecule has 1 aromatic heterocycles. The number of aromatic nitrogens is 1. The number of aliphatic hydroxyl groups is 1. The number of fused-ring (bicyclic) bond motifs is 1. The zero-order valence-electron chi connectivity index (χ0n) is 13.4. The second-order valence-corrected chi connectivity index (χ2v) is 5.96. The Morgan fingerprint density at radius 1 is 1.36 bits per heavy atom. The summed E-state index contributed by atoms with van der Waals surface area (Å²) in [5.74, 6) is 0.895. The minimum atomic E-state index is 0.171. The Morgan fingerprint density at radius 2 is 2.18 bits per heavy atom. The van der Waals surface area contributed by atoms with Crippen LogP contribution in [0.25, 0.3) is 0 Å². The van der Waals surface area contributed by atoms with Gasteiger partial charge in [-0.05, 0) is 37.3 Å². The van der Waals surface area contributed by atoms with Crippen LogP contribution in [-0.2, 0) is 19.4 Å². The van der Waals surface area contributed by atoms with E-state index in [0.717, 1.165) is 37.3 Å². The minimum Gasteiger partial charge on any atom is -0.395 e. The first-order valence-corrected chi connectivity index (χ1v) is 8.11. The third kappa shape index (κ3) is 2.81.